The van der Waals surface area contributed by atoms with Crippen LogP contribution in [0.15, 0.2) is 24.3 Å². The highest BCUT2D eigenvalue weighted by Gasteiger charge is 2.14. The number of ether oxygens (including phenoxy) is 1. The topological polar surface area (TPSA) is 53.6 Å². The van der Waals surface area contributed by atoms with Crippen molar-refractivity contribution >= 4 is 6.03 Å². The molecule has 0 bridgehead atoms. The Kier molecular flexibility index (Phi) is 7.62. The van der Waals surface area contributed by atoms with E-state index in [9.17, 15) is 4.79 Å². The molecule has 1 aromatic rings. The monoisotopic (exact) mass is 359 g/mol. The fraction of sp³-hybridized carbons (Fsp3) is 0.667. The molecular weight excluding hydrogens is 326 g/mol. The Morgan fingerprint density at radius 1 is 0.962 bits per heavy atom. The summed E-state index contributed by atoms with van der Waals surface area (Å²) in [7, 11) is 0. The molecule has 1 aliphatic heterocycles. The van der Waals surface area contributed by atoms with Crippen LogP contribution in [-0.2, 0) is 6.54 Å². The average Bonchev–Trinajstić information content (AvgIpc) is 2.69. The van der Waals surface area contributed by atoms with Gasteiger partial charge >= 0.3 is 6.03 Å². The lowest BCUT2D eigenvalue weighted by molar-refractivity contribution is 0.155. The van der Waals surface area contributed by atoms with Gasteiger partial charge in [-0.15, -0.1) is 0 Å². The summed E-state index contributed by atoms with van der Waals surface area (Å²) < 4.78 is 6.04. The molecule has 0 unspecified atom stereocenters. The third-order valence-corrected chi connectivity index (χ3v) is 5.39. The number of benzene rings is 1. The fourth-order valence-electron chi connectivity index (χ4n) is 3.82. The number of hydrogen-bond donors (Lipinski definition) is 2. The second-order valence-electron chi connectivity index (χ2n) is 7.53. The van der Waals surface area contributed by atoms with Crippen LogP contribution in [0.2, 0.25) is 0 Å². The highest BCUT2D eigenvalue weighted by Crippen LogP contribution is 2.23. The first-order valence-electron chi connectivity index (χ1n) is 10.3. The van der Waals surface area contributed by atoms with Crippen molar-refractivity contribution in [2.75, 3.05) is 26.2 Å². The van der Waals surface area contributed by atoms with E-state index >= 15 is 0 Å². The number of nitrogens with one attached hydrogen (secondary N) is 2. The molecule has 3 rings (SSSR count). The zero-order valence-corrected chi connectivity index (χ0v) is 15.8. The van der Waals surface area contributed by atoms with Gasteiger partial charge in [0.2, 0.25) is 0 Å². The quantitative estimate of drug-likeness (QED) is 0.781. The van der Waals surface area contributed by atoms with Gasteiger partial charge in [-0.2, -0.15) is 0 Å². The molecule has 1 heterocycles. The van der Waals surface area contributed by atoms with Crippen LogP contribution in [0.1, 0.15) is 56.9 Å². The Morgan fingerprint density at radius 3 is 2.38 bits per heavy atom. The molecule has 0 atom stereocenters. The van der Waals surface area contributed by atoms with Gasteiger partial charge in [0.1, 0.15) is 5.75 Å². The SMILES string of the molecule is O=C(NCCN1CCCCC1)NCc1ccc(OC2CCCCC2)cc1. The lowest BCUT2D eigenvalue weighted by Gasteiger charge is -2.26. The van der Waals surface area contributed by atoms with E-state index in [1.165, 1.54) is 64.5 Å². The predicted molar refractivity (Wildman–Crippen MR) is 104 cm³/mol. The van der Waals surface area contributed by atoms with Gasteiger partial charge < -0.3 is 20.3 Å². The van der Waals surface area contributed by atoms with Gasteiger partial charge in [-0.05, 0) is 69.3 Å². The lowest BCUT2D eigenvalue weighted by atomic mass is 9.98. The second-order valence-corrected chi connectivity index (χ2v) is 7.53. The Balaban J connectivity index is 1.31. The third kappa shape index (κ3) is 6.52. The molecule has 2 N–H and O–H groups in total. The third-order valence-electron chi connectivity index (χ3n) is 5.39. The molecule has 1 aliphatic carbocycles. The first kappa shape index (κ1) is 19.0. The van der Waals surface area contributed by atoms with Crippen molar-refractivity contribution in [2.45, 2.75) is 64.0 Å². The standard InChI is InChI=1S/C21H33N3O2/c25-21(22-13-16-24-14-5-2-6-15-24)23-17-18-9-11-20(12-10-18)26-19-7-3-1-4-8-19/h9-12,19H,1-8,13-17H2,(H2,22,23,25). The molecule has 0 spiro atoms. The van der Waals surface area contributed by atoms with Crippen molar-refractivity contribution in [3.05, 3.63) is 29.8 Å². The van der Waals surface area contributed by atoms with Crippen LogP contribution < -0.4 is 15.4 Å². The average molecular weight is 360 g/mol. The van der Waals surface area contributed by atoms with E-state index in [1.807, 2.05) is 24.3 Å². The van der Waals surface area contributed by atoms with Crippen LogP contribution in [0.5, 0.6) is 5.75 Å². The van der Waals surface area contributed by atoms with E-state index in [2.05, 4.69) is 15.5 Å². The largest absolute Gasteiger partial charge is 0.490 e. The highest BCUT2D eigenvalue weighted by atomic mass is 16.5. The van der Waals surface area contributed by atoms with E-state index in [1.54, 1.807) is 0 Å². The van der Waals surface area contributed by atoms with Crippen LogP contribution in [0.25, 0.3) is 0 Å². The van der Waals surface area contributed by atoms with Gasteiger partial charge in [0.05, 0.1) is 6.10 Å². The maximum absolute atomic E-state index is 11.9. The van der Waals surface area contributed by atoms with E-state index in [0.717, 1.165) is 17.9 Å². The van der Waals surface area contributed by atoms with E-state index in [0.29, 0.717) is 19.2 Å². The summed E-state index contributed by atoms with van der Waals surface area (Å²) in [5.74, 6) is 0.937. The molecule has 5 heteroatoms. The Morgan fingerprint density at radius 2 is 1.65 bits per heavy atom. The molecule has 26 heavy (non-hydrogen) atoms. The van der Waals surface area contributed by atoms with E-state index in [-0.39, 0.29) is 6.03 Å². The number of nitrogens with zero attached hydrogens (tertiary/aromatic N) is 1. The maximum Gasteiger partial charge on any atom is 0.315 e. The second kappa shape index (κ2) is 10.4. The van der Waals surface area contributed by atoms with Crippen LogP contribution >= 0.6 is 0 Å². The summed E-state index contributed by atoms with van der Waals surface area (Å²) in [5, 5.41) is 5.88. The summed E-state index contributed by atoms with van der Waals surface area (Å²) in [6.45, 7) is 4.52. The minimum absolute atomic E-state index is 0.0930. The molecule has 1 saturated heterocycles. The molecule has 2 aliphatic rings. The van der Waals surface area contributed by atoms with Gasteiger partial charge in [0, 0.05) is 19.6 Å². The minimum Gasteiger partial charge on any atom is -0.490 e. The number of likely N-dealkylation sites (tertiary alicyclic amines) is 1. The number of piperidine rings is 1. The van der Waals surface area contributed by atoms with Gasteiger partial charge in [-0.25, -0.2) is 4.79 Å². The molecule has 1 aromatic carbocycles. The van der Waals surface area contributed by atoms with Crippen molar-refractivity contribution < 1.29 is 9.53 Å². The first-order valence-corrected chi connectivity index (χ1v) is 10.3. The van der Waals surface area contributed by atoms with Gasteiger partial charge in [-0.1, -0.05) is 25.0 Å². The summed E-state index contributed by atoms with van der Waals surface area (Å²) in [5.41, 5.74) is 1.09. The van der Waals surface area contributed by atoms with Crippen LogP contribution in [0.4, 0.5) is 4.79 Å². The molecule has 2 amide bonds. The van der Waals surface area contributed by atoms with Crippen molar-refractivity contribution in [1.29, 1.82) is 0 Å². The fourth-order valence-corrected chi connectivity index (χ4v) is 3.82. The van der Waals surface area contributed by atoms with Crippen molar-refractivity contribution in [2.24, 2.45) is 0 Å². The van der Waals surface area contributed by atoms with Gasteiger partial charge in [-0.3, -0.25) is 0 Å². The van der Waals surface area contributed by atoms with Gasteiger partial charge in [0.15, 0.2) is 0 Å². The summed E-state index contributed by atoms with van der Waals surface area (Å²) in [6, 6.07) is 8.00. The van der Waals surface area contributed by atoms with Crippen molar-refractivity contribution in [3.63, 3.8) is 0 Å². The number of carbonyl (C=O) groups is 1. The predicted octanol–water partition coefficient (Wildman–Crippen LogP) is 3.68. The lowest BCUT2D eigenvalue weighted by Crippen LogP contribution is -2.41. The van der Waals surface area contributed by atoms with E-state index in [4.69, 9.17) is 4.74 Å². The highest BCUT2D eigenvalue weighted by molar-refractivity contribution is 5.73. The first-order chi connectivity index (χ1) is 12.8. The molecule has 2 fully saturated rings. The summed E-state index contributed by atoms with van der Waals surface area (Å²) in [4.78, 5) is 14.3. The molecule has 0 radical (unpaired) electrons. The maximum atomic E-state index is 11.9. The summed E-state index contributed by atoms with van der Waals surface area (Å²) >= 11 is 0. The van der Waals surface area contributed by atoms with Crippen molar-refractivity contribution in [1.82, 2.24) is 15.5 Å². The molecule has 144 valence electrons. The Hall–Kier alpha value is -1.75. The molecule has 5 nitrogen and oxygen atoms in total. The smallest absolute Gasteiger partial charge is 0.315 e. The number of hydrogen-bond acceptors (Lipinski definition) is 3. The number of amides is 2. The zero-order valence-electron chi connectivity index (χ0n) is 15.8. The van der Waals surface area contributed by atoms with Gasteiger partial charge in [0.25, 0.3) is 0 Å². The number of carbonyl (C=O) groups excluding carboxylic acids is 1. The van der Waals surface area contributed by atoms with Crippen LogP contribution in [-0.4, -0.2) is 43.2 Å². The number of rotatable bonds is 7. The molecule has 1 saturated carbocycles. The molecular formula is C21H33N3O2. The zero-order chi connectivity index (χ0) is 18.0. The van der Waals surface area contributed by atoms with E-state index < -0.39 is 0 Å². The minimum atomic E-state index is -0.0930. The molecule has 0 aromatic heterocycles. The Bertz CT molecular complexity index is 535. The summed E-state index contributed by atoms with van der Waals surface area (Å²) in [6.07, 6.45) is 10.5. The van der Waals surface area contributed by atoms with Crippen molar-refractivity contribution in [3.8, 4) is 5.75 Å². The number of urea groups is 1. The van der Waals surface area contributed by atoms with Crippen LogP contribution in [0.3, 0.4) is 0 Å². The Labute approximate surface area is 157 Å². The van der Waals surface area contributed by atoms with Crippen LogP contribution in [0, 0.1) is 0 Å². The normalized spacial score (nSPS) is 19.1.